The van der Waals surface area contributed by atoms with Gasteiger partial charge in [0.05, 0.1) is 19.8 Å². The maximum Gasteiger partial charge on any atom is 0.472 e. The van der Waals surface area contributed by atoms with Gasteiger partial charge in [0.1, 0.15) is 12.7 Å². The van der Waals surface area contributed by atoms with Crippen LogP contribution < -0.4 is 0 Å². The van der Waals surface area contributed by atoms with Gasteiger partial charge in [-0.3, -0.25) is 18.6 Å². The first-order valence-electron chi connectivity index (χ1n) is 21.0. The van der Waals surface area contributed by atoms with Crippen molar-refractivity contribution in [3.05, 3.63) is 36.5 Å². The molecule has 11 heteroatoms. The van der Waals surface area contributed by atoms with E-state index in [1.165, 1.54) is 83.5 Å². The number of hydrogen-bond acceptors (Lipinski definition) is 9. The molecule has 3 N–H and O–H groups in total. The summed E-state index contributed by atoms with van der Waals surface area (Å²) in [5.74, 6) is -0.944. The van der Waals surface area contributed by atoms with Crippen molar-refractivity contribution in [1.82, 2.24) is 0 Å². The van der Waals surface area contributed by atoms with E-state index in [4.69, 9.17) is 19.1 Å². The highest BCUT2D eigenvalue weighted by Crippen LogP contribution is 2.43. The number of carbonyl (C=O) groups is 2. The Morgan fingerprint density at radius 2 is 1.00 bits per heavy atom. The second-order valence-electron chi connectivity index (χ2n) is 14.0. The zero-order chi connectivity index (χ0) is 39.1. The third-order valence-corrected chi connectivity index (χ3v) is 9.75. The molecule has 10 nitrogen and oxygen atoms in total. The van der Waals surface area contributed by atoms with Crippen LogP contribution in [0.4, 0.5) is 0 Å². The van der Waals surface area contributed by atoms with Gasteiger partial charge in [0.2, 0.25) is 0 Å². The second-order valence-corrected chi connectivity index (χ2v) is 15.5. The van der Waals surface area contributed by atoms with Crippen LogP contribution in [0.3, 0.4) is 0 Å². The van der Waals surface area contributed by atoms with Crippen LogP contribution in [0.15, 0.2) is 36.5 Å². The minimum atomic E-state index is -4.62. The van der Waals surface area contributed by atoms with E-state index in [0.717, 1.165) is 57.8 Å². The predicted octanol–water partition coefficient (Wildman–Crippen LogP) is 10.8. The van der Waals surface area contributed by atoms with Crippen molar-refractivity contribution in [1.29, 1.82) is 0 Å². The molecule has 1 unspecified atom stereocenters. The van der Waals surface area contributed by atoms with E-state index in [1.807, 2.05) is 0 Å². The Hall–Kier alpha value is -1.81. The van der Waals surface area contributed by atoms with Gasteiger partial charge in [-0.15, -0.1) is 0 Å². The number of rotatable bonds is 39. The molecular weight excluding hydrogens is 695 g/mol. The normalized spacial score (nSPS) is 14.3. The summed E-state index contributed by atoms with van der Waals surface area (Å²) >= 11 is 0. The van der Waals surface area contributed by atoms with E-state index in [1.54, 1.807) is 0 Å². The number of aliphatic hydroxyl groups is 2. The van der Waals surface area contributed by atoms with Crippen molar-refractivity contribution in [2.45, 2.75) is 193 Å². The standard InChI is InChI=1S/C42H77O10P/c1-3-5-7-9-11-13-15-17-19-21-23-25-27-29-31-33-41(45)49-37-40(38-51-53(47,48)50-36-39(44)35-43)52-42(46)34-32-30-28-26-24-22-20-18-16-14-12-10-8-6-4-2/h9,11,14,16,18,20,39-40,43-44H,3-8,10,12-13,15,17,19,21-38H2,1-2H3,(H,47,48)/b11-9+,16-14+,20-18+/t39-,40+/m0/s1. The minimum Gasteiger partial charge on any atom is -0.462 e. The molecular formula is C42H77O10P. The van der Waals surface area contributed by atoms with Crippen LogP contribution in [0.5, 0.6) is 0 Å². The minimum absolute atomic E-state index is 0.167. The molecule has 0 fully saturated rings. The van der Waals surface area contributed by atoms with Gasteiger partial charge in [-0.1, -0.05) is 147 Å². The number of phosphoric acid groups is 1. The number of ether oxygens (including phenoxy) is 2. The van der Waals surface area contributed by atoms with E-state index in [0.29, 0.717) is 12.8 Å². The van der Waals surface area contributed by atoms with Crippen LogP contribution in [-0.4, -0.2) is 65.7 Å². The van der Waals surface area contributed by atoms with Crippen LogP contribution in [0, 0.1) is 0 Å². The Morgan fingerprint density at radius 1 is 0.566 bits per heavy atom. The Labute approximate surface area is 322 Å². The fraction of sp³-hybridized carbons (Fsp3) is 0.810. The van der Waals surface area contributed by atoms with Crippen LogP contribution >= 0.6 is 7.82 Å². The summed E-state index contributed by atoms with van der Waals surface area (Å²) in [6.45, 7) is 2.31. The Kier molecular flexibility index (Phi) is 37.2. The lowest BCUT2D eigenvalue weighted by atomic mass is 10.1. The molecule has 0 heterocycles. The van der Waals surface area contributed by atoms with Gasteiger partial charge in [-0.2, -0.15) is 0 Å². The van der Waals surface area contributed by atoms with Crippen LogP contribution in [0.1, 0.15) is 181 Å². The average molecular weight is 773 g/mol. The molecule has 0 aliphatic carbocycles. The van der Waals surface area contributed by atoms with Gasteiger partial charge in [-0.05, 0) is 57.8 Å². The second kappa shape index (κ2) is 38.5. The largest absolute Gasteiger partial charge is 0.472 e. The van der Waals surface area contributed by atoms with Crippen molar-refractivity contribution >= 4 is 19.8 Å². The number of phosphoric ester groups is 1. The van der Waals surface area contributed by atoms with Crippen molar-refractivity contribution in [3.63, 3.8) is 0 Å². The zero-order valence-corrected chi connectivity index (χ0v) is 34.4. The zero-order valence-electron chi connectivity index (χ0n) is 33.5. The van der Waals surface area contributed by atoms with Gasteiger partial charge in [0.15, 0.2) is 6.10 Å². The molecule has 3 atom stereocenters. The van der Waals surface area contributed by atoms with Gasteiger partial charge >= 0.3 is 19.8 Å². The summed E-state index contributed by atoms with van der Waals surface area (Å²) in [4.78, 5) is 34.9. The monoisotopic (exact) mass is 773 g/mol. The lowest BCUT2D eigenvalue weighted by Crippen LogP contribution is -2.29. The number of carbonyl (C=O) groups excluding carboxylic acids is 2. The summed E-state index contributed by atoms with van der Waals surface area (Å²) in [6, 6.07) is 0. The molecule has 53 heavy (non-hydrogen) atoms. The smallest absolute Gasteiger partial charge is 0.462 e. The highest BCUT2D eigenvalue weighted by molar-refractivity contribution is 7.47. The number of esters is 2. The van der Waals surface area contributed by atoms with Gasteiger partial charge < -0.3 is 24.6 Å². The van der Waals surface area contributed by atoms with Crippen LogP contribution in [0.2, 0.25) is 0 Å². The van der Waals surface area contributed by atoms with E-state index in [9.17, 15) is 24.2 Å². The van der Waals surface area contributed by atoms with Crippen molar-refractivity contribution in [3.8, 4) is 0 Å². The van der Waals surface area contributed by atoms with E-state index in [2.05, 4.69) is 54.8 Å². The Morgan fingerprint density at radius 3 is 1.53 bits per heavy atom. The quantitative estimate of drug-likeness (QED) is 0.0181. The fourth-order valence-electron chi connectivity index (χ4n) is 5.49. The maximum absolute atomic E-state index is 12.6. The SMILES string of the molecule is CCCC/C=C/CCCCCCCCCCCC(=O)OC[C@H](COP(=O)(O)OC[C@@H](O)CO)OC(=O)CCCCCCC/C=C/C=C/CCCCCC. The van der Waals surface area contributed by atoms with Crippen LogP contribution in [0.25, 0.3) is 0 Å². The lowest BCUT2D eigenvalue weighted by molar-refractivity contribution is -0.161. The number of unbranched alkanes of at least 4 members (excludes halogenated alkanes) is 20. The molecule has 0 spiro atoms. The molecule has 0 radical (unpaired) electrons. The topological polar surface area (TPSA) is 149 Å². The van der Waals surface area contributed by atoms with E-state index < -0.39 is 51.8 Å². The Balaban J connectivity index is 4.34. The summed E-state index contributed by atoms with van der Waals surface area (Å²) in [6.07, 6.45) is 38.2. The molecule has 0 saturated heterocycles. The molecule has 0 aliphatic rings. The number of allylic oxidation sites excluding steroid dienone is 6. The first kappa shape index (κ1) is 51.2. The molecule has 0 aliphatic heterocycles. The van der Waals surface area contributed by atoms with E-state index >= 15 is 0 Å². The van der Waals surface area contributed by atoms with Crippen molar-refractivity contribution < 1.29 is 47.8 Å². The van der Waals surface area contributed by atoms with Crippen molar-refractivity contribution in [2.75, 3.05) is 26.4 Å². The van der Waals surface area contributed by atoms with Crippen LogP contribution in [-0.2, 0) is 32.7 Å². The molecule has 0 amide bonds. The first-order valence-corrected chi connectivity index (χ1v) is 22.5. The summed E-state index contributed by atoms with van der Waals surface area (Å²) < 4.78 is 32.7. The molecule has 0 bridgehead atoms. The van der Waals surface area contributed by atoms with Gasteiger partial charge in [-0.25, -0.2) is 4.57 Å². The van der Waals surface area contributed by atoms with Crippen molar-refractivity contribution in [2.24, 2.45) is 0 Å². The third-order valence-electron chi connectivity index (χ3n) is 8.79. The molecule has 0 aromatic heterocycles. The number of hydrogen-bond donors (Lipinski definition) is 3. The maximum atomic E-state index is 12.6. The average Bonchev–Trinajstić information content (AvgIpc) is 3.14. The fourth-order valence-corrected chi connectivity index (χ4v) is 6.28. The summed E-state index contributed by atoms with van der Waals surface area (Å²) in [5.41, 5.74) is 0. The third kappa shape index (κ3) is 38.3. The number of aliphatic hydroxyl groups excluding tert-OH is 2. The molecule has 0 saturated carbocycles. The highest BCUT2D eigenvalue weighted by atomic mass is 31.2. The van der Waals surface area contributed by atoms with E-state index in [-0.39, 0.29) is 19.4 Å². The highest BCUT2D eigenvalue weighted by Gasteiger charge is 2.27. The predicted molar refractivity (Wildman–Crippen MR) is 214 cm³/mol. The van der Waals surface area contributed by atoms with Gasteiger partial charge in [0, 0.05) is 12.8 Å². The summed E-state index contributed by atoms with van der Waals surface area (Å²) in [5, 5.41) is 18.3. The molecule has 0 aromatic rings. The first-order chi connectivity index (χ1) is 25.7. The van der Waals surface area contributed by atoms with Gasteiger partial charge in [0.25, 0.3) is 0 Å². The lowest BCUT2D eigenvalue weighted by Gasteiger charge is -2.20. The molecule has 0 aromatic carbocycles. The molecule has 0 rings (SSSR count). The molecule has 310 valence electrons. The Bertz CT molecular complexity index is 983. The summed E-state index contributed by atoms with van der Waals surface area (Å²) in [7, 11) is -4.62.